The van der Waals surface area contributed by atoms with Crippen molar-refractivity contribution in [2.24, 2.45) is 0 Å². The molecule has 38 heavy (non-hydrogen) atoms. The molecule has 9 heteroatoms. The minimum atomic E-state index is -0.836. The van der Waals surface area contributed by atoms with Crippen LogP contribution in [0.2, 0.25) is 0 Å². The van der Waals surface area contributed by atoms with E-state index in [0.717, 1.165) is 22.5 Å². The van der Waals surface area contributed by atoms with Crippen LogP contribution < -0.4 is 10.6 Å². The summed E-state index contributed by atoms with van der Waals surface area (Å²) in [5, 5.41) is 13.2. The molecule has 4 aromatic rings. The van der Waals surface area contributed by atoms with Gasteiger partial charge in [0.2, 0.25) is 5.91 Å². The van der Waals surface area contributed by atoms with Crippen LogP contribution in [-0.4, -0.2) is 27.8 Å². The lowest BCUT2D eigenvalue weighted by molar-refractivity contribution is -0.121. The van der Waals surface area contributed by atoms with Crippen LogP contribution in [0.1, 0.15) is 46.4 Å². The SMILES string of the molecule is CC1=C(C(=O)Cc2ccc3[nH]ncc3c2)C(c2ccc(F)c(C(=O)NCc3cccc(F)c3)c2)NC(=O)C1. The van der Waals surface area contributed by atoms with Crippen molar-refractivity contribution in [1.29, 1.82) is 0 Å². The minimum absolute atomic E-state index is 0.00415. The number of halogens is 2. The highest BCUT2D eigenvalue weighted by Crippen LogP contribution is 2.32. The van der Waals surface area contributed by atoms with Gasteiger partial charge in [-0.1, -0.05) is 29.8 Å². The van der Waals surface area contributed by atoms with E-state index in [1.807, 2.05) is 18.2 Å². The van der Waals surface area contributed by atoms with E-state index in [9.17, 15) is 23.2 Å². The summed E-state index contributed by atoms with van der Waals surface area (Å²) in [5.41, 5.74) is 3.36. The molecule has 1 aliphatic rings. The number of H-pyrrole nitrogens is 1. The van der Waals surface area contributed by atoms with E-state index in [1.54, 1.807) is 19.2 Å². The molecule has 3 N–H and O–H groups in total. The number of amides is 2. The summed E-state index contributed by atoms with van der Waals surface area (Å²) < 4.78 is 28.1. The summed E-state index contributed by atoms with van der Waals surface area (Å²) in [4.78, 5) is 38.7. The van der Waals surface area contributed by atoms with Crippen LogP contribution in [-0.2, 0) is 22.6 Å². The molecule has 0 saturated heterocycles. The van der Waals surface area contributed by atoms with Crippen molar-refractivity contribution in [3.05, 3.63) is 112 Å². The zero-order chi connectivity index (χ0) is 26.8. The number of aromatic amines is 1. The molecule has 1 unspecified atom stereocenters. The number of Topliss-reactive ketones (excluding diaryl/α,β-unsaturated/α-hetero) is 1. The number of nitrogens with zero attached hydrogens (tertiary/aromatic N) is 1. The van der Waals surface area contributed by atoms with E-state index in [-0.39, 0.29) is 36.6 Å². The van der Waals surface area contributed by atoms with Gasteiger partial charge in [-0.05, 0) is 60.0 Å². The van der Waals surface area contributed by atoms with E-state index in [0.29, 0.717) is 22.3 Å². The number of benzene rings is 3. The average Bonchev–Trinajstić information content (AvgIpc) is 3.35. The standard InChI is InChI=1S/C29H24F2N4O3/c1-16-9-26(37)34-28(27(16)25(36)12-17-5-8-24-20(10-17)15-33-35-24)19-6-7-23(31)22(13-19)29(38)32-14-18-3-2-4-21(30)11-18/h2-8,10-11,13,15,28H,9,12,14H2,1H3,(H,32,38)(H,33,35)(H,34,37). The Morgan fingerprint density at radius 1 is 1.05 bits per heavy atom. The smallest absolute Gasteiger partial charge is 0.254 e. The number of hydrogen-bond acceptors (Lipinski definition) is 4. The Kier molecular flexibility index (Phi) is 6.83. The van der Waals surface area contributed by atoms with Crippen LogP contribution in [0.3, 0.4) is 0 Å². The molecule has 2 amide bonds. The molecule has 2 heterocycles. The van der Waals surface area contributed by atoms with Gasteiger partial charge in [-0.25, -0.2) is 8.78 Å². The van der Waals surface area contributed by atoms with Gasteiger partial charge in [0.1, 0.15) is 11.6 Å². The molecule has 5 rings (SSSR count). The van der Waals surface area contributed by atoms with Gasteiger partial charge < -0.3 is 10.6 Å². The molecule has 0 saturated carbocycles. The molecule has 7 nitrogen and oxygen atoms in total. The molecular formula is C29H24F2N4O3. The third-order valence-corrected chi connectivity index (χ3v) is 6.56. The van der Waals surface area contributed by atoms with Gasteiger partial charge in [0.25, 0.3) is 5.91 Å². The topological polar surface area (TPSA) is 104 Å². The number of carbonyl (C=O) groups is 3. The largest absolute Gasteiger partial charge is 0.348 e. The van der Waals surface area contributed by atoms with Crippen molar-refractivity contribution < 1.29 is 23.2 Å². The highest BCUT2D eigenvalue weighted by atomic mass is 19.1. The van der Waals surface area contributed by atoms with Crippen LogP contribution in [0, 0.1) is 11.6 Å². The maximum absolute atomic E-state index is 14.7. The third-order valence-electron chi connectivity index (χ3n) is 6.56. The molecule has 0 radical (unpaired) electrons. The number of fused-ring (bicyclic) bond motifs is 1. The van der Waals surface area contributed by atoms with Crippen molar-refractivity contribution in [2.75, 3.05) is 0 Å². The average molecular weight is 515 g/mol. The summed E-state index contributed by atoms with van der Waals surface area (Å²) in [6.45, 7) is 1.73. The Bertz CT molecular complexity index is 1610. The first-order chi connectivity index (χ1) is 18.3. The van der Waals surface area contributed by atoms with Gasteiger partial charge >= 0.3 is 0 Å². The van der Waals surface area contributed by atoms with Crippen LogP contribution in [0.15, 0.2) is 78.0 Å². The predicted molar refractivity (Wildman–Crippen MR) is 137 cm³/mol. The highest BCUT2D eigenvalue weighted by molar-refractivity contribution is 6.02. The summed E-state index contributed by atoms with van der Waals surface area (Å²) in [6, 6.07) is 14.4. The van der Waals surface area contributed by atoms with Crippen molar-refractivity contribution in [3.8, 4) is 0 Å². The van der Waals surface area contributed by atoms with Gasteiger partial charge in [0.05, 0.1) is 23.3 Å². The summed E-state index contributed by atoms with van der Waals surface area (Å²) >= 11 is 0. The van der Waals surface area contributed by atoms with Gasteiger partial charge in [-0.2, -0.15) is 5.10 Å². The lowest BCUT2D eigenvalue weighted by Crippen LogP contribution is -2.37. The monoisotopic (exact) mass is 514 g/mol. The van der Waals surface area contributed by atoms with Crippen LogP contribution in [0.5, 0.6) is 0 Å². The van der Waals surface area contributed by atoms with Gasteiger partial charge in [0, 0.05) is 30.3 Å². The summed E-state index contributed by atoms with van der Waals surface area (Å²) in [7, 11) is 0. The van der Waals surface area contributed by atoms with Crippen LogP contribution in [0.4, 0.5) is 8.78 Å². The van der Waals surface area contributed by atoms with Gasteiger partial charge in [0.15, 0.2) is 5.78 Å². The second-order valence-electron chi connectivity index (χ2n) is 9.31. The fourth-order valence-electron chi connectivity index (χ4n) is 4.72. The van der Waals surface area contributed by atoms with Crippen molar-refractivity contribution in [1.82, 2.24) is 20.8 Å². The molecule has 1 atom stereocenters. The summed E-state index contributed by atoms with van der Waals surface area (Å²) in [5.74, 6) is -2.35. The zero-order valence-electron chi connectivity index (χ0n) is 20.5. The van der Waals surface area contributed by atoms with E-state index in [1.165, 1.54) is 30.3 Å². The molecule has 1 aromatic heterocycles. The Labute approximate surface area is 216 Å². The van der Waals surface area contributed by atoms with Crippen molar-refractivity contribution in [3.63, 3.8) is 0 Å². The predicted octanol–water partition coefficient (Wildman–Crippen LogP) is 4.46. The summed E-state index contributed by atoms with van der Waals surface area (Å²) in [6.07, 6.45) is 1.85. The molecule has 1 aliphatic heterocycles. The number of hydrogen-bond donors (Lipinski definition) is 3. The maximum Gasteiger partial charge on any atom is 0.254 e. The highest BCUT2D eigenvalue weighted by Gasteiger charge is 2.31. The second kappa shape index (κ2) is 10.4. The van der Waals surface area contributed by atoms with Crippen LogP contribution >= 0.6 is 0 Å². The fourth-order valence-corrected chi connectivity index (χ4v) is 4.72. The first-order valence-electron chi connectivity index (χ1n) is 12.0. The molecule has 0 aliphatic carbocycles. The first-order valence-corrected chi connectivity index (χ1v) is 12.0. The molecule has 0 spiro atoms. The van der Waals surface area contributed by atoms with E-state index < -0.39 is 23.6 Å². The van der Waals surface area contributed by atoms with Crippen LogP contribution in [0.25, 0.3) is 10.9 Å². The maximum atomic E-state index is 14.7. The lowest BCUT2D eigenvalue weighted by Gasteiger charge is -2.28. The number of ketones is 1. The van der Waals surface area contributed by atoms with Crippen molar-refractivity contribution >= 4 is 28.5 Å². The van der Waals surface area contributed by atoms with E-state index >= 15 is 0 Å². The molecule has 192 valence electrons. The molecule has 0 bridgehead atoms. The molecule has 3 aromatic carbocycles. The first kappa shape index (κ1) is 25.0. The van der Waals surface area contributed by atoms with E-state index in [2.05, 4.69) is 20.8 Å². The zero-order valence-corrected chi connectivity index (χ0v) is 20.5. The Hall–Kier alpha value is -4.66. The number of aromatic nitrogens is 2. The Morgan fingerprint density at radius 2 is 1.89 bits per heavy atom. The number of rotatable bonds is 7. The number of carbonyl (C=O) groups excluding carboxylic acids is 3. The van der Waals surface area contributed by atoms with E-state index in [4.69, 9.17) is 0 Å². The quantitative estimate of drug-likeness (QED) is 0.339. The van der Waals surface area contributed by atoms with Gasteiger partial charge in [-0.3, -0.25) is 19.5 Å². The fraction of sp³-hybridized carbons (Fsp3) is 0.172. The molecular weight excluding hydrogens is 490 g/mol. The Morgan fingerprint density at radius 3 is 2.71 bits per heavy atom. The lowest BCUT2D eigenvalue weighted by atomic mass is 9.85. The molecule has 0 fully saturated rings. The van der Waals surface area contributed by atoms with Gasteiger partial charge in [-0.15, -0.1) is 0 Å². The third kappa shape index (κ3) is 5.22. The number of nitrogens with one attached hydrogen (secondary N) is 3. The Balaban J connectivity index is 1.40. The normalized spacial score (nSPS) is 15.4. The minimum Gasteiger partial charge on any atom is -0.348 e. The van der Waals surface area contributed by atoms with Crippen molar-refractivity contribution in [2.45, 2.75) is 32.4 Å². The second-order valence-corrected chi connectivity index (χ2v) is 9.31.